The molecule has 0 saturated heterocycles. The minimum atomic E-state index is -2.82. The second-order valence-electron chi connectivity index (χ2n) is 7.93. The summed E-state index contributed by atoms with van der Waals surface area (Å²) < 4.78 is 35.4. The summed E-state index contributed by atoms with van der Waals surface area (Å²) in [5, 5.41) is 0. The monoisotopic (exact) mass is 436 g/mol. The van der Waals surface area contributed by atoms with Crippen molar-refractivity contribution in [3.8, 4) is 17.2 Å². The summed E-state index contributed by atoms with van der Waals surface area (Å²) in [6.07, 6.45) is 6.76. The number of benzene rings is 3. The predicted molar refractivity (Wildman–Crippen MR) is 126 cm³/mol. The van der Waals surface area contributed by atoms with Crippen molar-refractivity contribution >= 4 is 0 Å². The van der Waals surface area contributed by atoms with Gasteiger partial charge in [-0.3, -0.25) is 0 Å². The molecule has 0 saturated carbocycles. The maximum Gasteiger partial charge on any atom is 0.387 e. The Bertz CT molecular complexity index is 970. The Labute approximate surface area is 189 Å². The third kappa shape index (κ3) is 6.43. The lowest BCUT2D eigenvalue weighted by Gasteiger charge is -2.31. The van der Waals surface area contributed by atoms with Gasteiger partial charge in [-0.05, 0) is 73.2 Å². The normalized spacial score (nSPS) is 12.9. The summed E-state index contributed by atoms with van der Waals surface area (Å²) in [5.74, 6) is 1.82. The predicted octanol–water partition coefficient (Wildman–Crippen LogP) is 8.33. The fourth-order valence-corrected chi connectivity index (χ4v) is 4.15. The highest BCUT2D eigenvalue weighted by atomic mass is 19.3. The number of allylic oxidation sites excluding steroid dienone is 1. The number of hydrogen-bond donors (Lipinski definition) is 0. The lowest BCUT2D eigenvalue weighted by Crippen LogP contribution is -2.23. The lowest BCUT2D eigenvalue weighted by molar-refractivity contribution is -0.0498. The summed E-state index contributed by atoms with van der Waals surface area (Å²) in [7, 11) is 0. The highest BCUT2D eigenvalue weighted by Gasteiger charge is 2.27. The molecule has 4 heteroatoms. The first kappa shape index (κ1) is 23.5. The van der Waals surface area contributed by atoms with Crippen molar-refractivity contribution in [3.63, 3.8) is 0 Å². The fourth-order valence-electron chi connectivity index (χ4n) is 4.15. The van der Waals surface area contributed by atoms with Gasteiger partial charge in [0, 0.05) is 5.41 Å². The maximum absolute atomic E-state index is 12.5. The number of rotatable bonds is 12. The van der Waals surface area contributed by atoms with Gasteiger partial charge in [-0.25, -0.2) is 0 Å². The van der Waals surface area contributed by atoms with Crippen LogP contribution in [0.5, 0.6) is 17.2 Å². The van der Waals surface area contributed by atoms with Crippen molar-refractivity contribution in [1.82, 2.24) is 0 Å². The van der Waals surface area contributed by atoms with E-state index in [1.165, 1.54) is 5.56 Å². The van der Waals surface area contributed by atoms with Crippen molar-refractivity contribution in [1.29, 1.82) is 0 Å². The molecule has 0 N–H and O–H groups in total. The SMILES string of the molecule is C=CC(CCC)(CCCc1cccc(Oc2ccccc2)c1)c1ccc(OC(F)F)cc1. The van der Waals surface area contributed by atoms with Gasteiger partial charge < -0.3 is 9.47 Å². The van der Waals surface area contributed by atoms with Crippen LogP contribution >= 0.6 is 0 Å². The first-order chi connectivity index (χ1) is 15.5. The molecular formula is C28H30F2O2. The van der Waals surface area contributed by atoms with Gasteiger partial charge >= 0.3 is 6.61 Å². The van der Waals surface area contributed by atoms with E-state index in [0.29, 0.717) is 0 Å². The topological polar surface area (TPSA) is 18.5 Å². The van der Waals surface area contributed by atoms with E-state index in [0.717, 1.165) is 49.2 Å². The summed E-state index contributed by atoms with van der Waals surface area (Å²) in [5.41, 5.74) is 2.10. The van der Waals surface area contributed by atoms with Crippen LogP contribution in [0.25, 0.3) is 0 Å². The maximum atomic E-state index is 12.5. The molecule has 0 bridgehead atoms. The fraction of sp³-hybridized carbons (Fsp3) is 0.286. The van der Waals surface area contributed by atoms with Crippen molar-refractivity contribution in [2.75, 3.05) is 0 Å². The molecule has 0 aliphatic heterocycles. The van der Waals surface area contributed by atoms with E-state index >= 15 is 0 Å². The molecule has 3 rings (SSSR count). The van der Waals surface area contributed by atoms with Crippen molar-refractivity contribution in [2.24, 2.45) is 0 Å². The Hall–Kier alpha value is -3.14. The Morgan fingerprint density at radius 2 is 1.59 bits per heavy atom. The quantitative estimate of drug-likeness (QED) is 0.266. The number of ether oxygens (including phenoxy) is 2. The molecule has 1 atom stereocenters. The number of alkyl halides is 2. The Morgan fingerprint density at radius 3 is 2.25 bits per heavy atom. The first-order valence-electron chi connectivity index (χ1n) is 11.1. The molecule has 2 nitrogen and oxygen atoms in total. The third-order valence-corrected chi connectivity index (χ3v) is 5.71. The van der Waals surface area contributed by atoms with Crippen LogP contribution < -0.4 is 9.47 Å². The van der Waals surface area contributed by atoms with E-state index in [-0.39, 0.29) is 11.2 Å². The Morgan fingerprint density at radius 1 is 0.875 bits per heavy atom. The summed E-state index contributed by atoms with van der Waals surface area (Å²) in [4.78, 5) is 0. The summed E-state index contributed by atoms with van der Waals surface area (Å²) in [6, 6.07) is 24.9. The minimum absolute atomic E-state index is 0.174. The standard InChI is InChI=1S/C28H30F2O2/c1-3-19-28(4-2,23-15-17-25(18-16-23)32-27(29)30)20-9-11-22-10-8-14-26(21-22)31-24-12-6-5-7-13-24/h4-8,10,12-18,21,27H,2-3,9,11,19-20H2,1H3. The molecule has 168 valence electrons. The zero-order valence-electron chi connectivity index (χ0n) is 18.5. The van der Waals surface area contributed by atoms with E-state index in [1.807, 2.05) is 60.7 Å². The molecule has 3 aromatic carbocycles. The smallest absolute Gasteiger partial charge is 0.387 e. The van der Waals surface area contributed by atoms with Crippen LogP contribution in [0.15, 0.2) is 91.5 Å². The Kier molecular flexibility index (Phi) is 8.43. The largest absolute Gasteiger partial charge is 0.457 e. The third-order valence-electron chi connectivity index (χ3n) is 5.71. The summed E-state index contributed by atoms with van der Waals surface area (Å²) in [6.45, 7) is 3.45. The Balaban J connectivity index is 1.67. The van der Waals surface area contributed by atoms with Gasteiger partial charge in [0.15, 0.2) is 0 Å². The van der Waals surface area contributed by atoms with Gasteiger partial charge in [-0.1, -0.05) is 61.9 Å². The van der Waals surface area contributed by atoms with Crippen LogP contribution in [-0.2, 0) is 11.8 Å². The lowest BCUT2D eigenvalue weighted by atomic mass is 9.73. The molecule has 0 aromatic heterocycles. The molecule has 3 aromatic rings. The van der Waals surface area contributed by atoms with Gasteiger partial charge in [-0.2, -0.15) is 8.78 Å². The first-order valence-corrected chi connectivity index (χ1v) is 11.1. The van der Waals surface area contributed by atoms with Gasteiger partial charge in [0.05, 0.1) is 0 Å². The molecule has 0 radical (unpaired) electrons. The second kappa shape index (κ2) is 11.5. The highest BCUT2D eigenvalue weighted by Crippen LogP contribution is 2.37. The van der Waals surface area contributed by atoms with Crippen LogP contribution in [0.2, 0.25) is 0 Å². The molecule has 0 aliphatic carbocycles. The zero-order valence-corrected chi connectivity index (χ0v) is 18.5. The molecule has 1 unspecified atom stereocenters. The van der Waals surface area contributed by atoms with E-state index in [9.17, 15) is 8.78 Å². The molecule has 0 heterocycles. The van der Waals surface area contributed by atoms with Crippen LogP contribution in [-0.4, -0.2) is 6.61 Å². The van der Waals surface area contributed by atoms with Gasteiger partial charge in [-0.15, -0.1) is 6.58 Å². The molecule has 0 aliphatic rings. The number of aryl methyl sites for hydroxylation is 1. The molecule has 32 heavy (non-hydrogen) atoms. The minimum Gasteiger partial charge on any atom is -0.457 e. The van der Waals surface area contributed by atoms with E-state index in [2.05, 4.69) is 30.4 Å². The van der Waals surface area contributed by atoms with Crippen molar-refractivity contribution in [3.05, 3.63) is 103 Å². The molecule has 0 fully saturated rings. The van der Waals surface area contributed by atoms with Crippen molar-refractivity contribution in [2.45, 2.75) is 51.1 Å². The number of hydrogen-bond acceptors (Lipinski definition) is 2. The van der Waals surface area contributed by atoms with Gasteiger partial charge in [0.25, 0.3) is 0 Å². The van der Waals surface area contributed by atoms with E-state index in [4.69, 9.17) is 4.74 Å². The van der Waals surface area contributed by atoms with Gasteiger partial charge in [0.1, 0.15) is 17.2 Å². The molecule has 0 amide bonds. The average Bonchev–Trinajstić information content (AvgIpc) is 2.79. The van der Waals surface area contributed by atoms with Crippen LogP contribution in [0.4, 0.5) is 8.78 Å². The highest BCUT2D eigenvalue weighted by molar-refractivity contribution is 5.36. The average molecular weight is 437 g/mol. The van der Waals surface area contributed by atoms with Crippen LogP contribution in [0.1, 0.15) is 43.7 Å². The zero-order chi connectivity index (χ0) is 22.8. The molecular weight excluding hydrogens is 406 g/mol. The molecule has 0 spiro atoms. The summed E-state index contributed by atoms with van der Waals surface area (Å²) >= 11 is 0. The van der Waals surface area contributed by atoms with Crippen LogP contribution in [0.3, 0.4) is 0 Å². The van der Waals surface area contributed by atoms with Gasteiger partial charge in [0.2, 0.25) is 0 Å². The van der Waals surface area contributed by atoms with E-state index < -0.39 is 6.61 Å². The van der Waals surface area contributed by atoms with Crippen molar-refractivity contribution < 1.29 is 18.3 Å². The van der Waals surface area contributed by atoms with E-state index in [1.54, 1.807) is 12.1 Å². The van der Waals surface area contributed by atoms with Crippen LogP contribution in [0, 0.1) is 0 Å². The number of halogens is 2. The number of para-hydroxylation sites is 1. The second-order valence-corrected chi connectivity index (χ2v) is 7.93.